The van der Waals surface area contributed by atoms with Gasteiger partial charge in [0.25, 0.3) is 0 Å². The van der Waals surface area contributed by atoms with E-state index in [9.17, 15) is 4.79 Å². The minimum absolute atomic E-state index is 0.175. The molecule has 4 heteroatoms. The third-order valence-electron chi connectivity index (χ3n) is 2.29. The molecule has 4 nitrogen and oxygen atoms in total. The van der Waals surface area contributed by atoms with Crippen molar-refractivity contribution < 1.29 is 9.90 Å². The molecule has 0 aromatic rings. The van der Waals surface area contributed by atoms with Gasteiger partial charge in [0.1, 0.15) is 0 Å². The number of aliphatic carboxylic acids is 1. The molecule has 4 N–H and O–H groups in total. The molecule has 0 bridgehead atoms. The van der Waals surface area contributed by atoms with Gasteiger partial charge >= 0.3 is 5.97 Å². The fourth-order valence-corrected chi connectivity index (χ4v) is 1.51. The highest BCUT2D eigenvalue weighted by Crippen LogP contribution is 2.27. The Labute approximate surface area is 65.8 Å². The molecule has 0 aromatic carbocycles. The first-order valence-corrected chi connectivity index (χ1v) is 3.81. The second kappa shape index (κ2) is 3.19. The van der Waals surface area contributed by atoms with Crippen LogP contribution in [0, 0.1) is 5.41 Å². The summed E-state index contributed by atoms with van der Waals surface area (Å²) in [5.74, 6) is -0.751. The molecule has 0 aromatic heterocycles. The van der Waals surface area contributed by atoms with Gasteiger partial charge in [0.2, 0.25) is 0 Å². The first kappa shape index (κ1) is 8.49. The summed E-state index contributed by atoms with van der Waals surface area (Å²) in [6.07, 6.45) is 1.08. The largest absolute Gasteiger partial charge is 0.481 e. The van der Waals surface area contributed by atoms with Gasteiger partial charge in [0, 0.05) is 12.0 Å². The number of carbonyl (C=O) groups is 1. The number of rotatable bonds is 3. The minimum atomic E-state index is -0.751. The lowest BCUT2D eigenvalue weighted by Gasteiger charge is -2.23. The SMILES string of the molecule is NCC1(CC(=O)O)CCNC1. The van der Waals surface area contributed by atoms with Crippen molar-refractivity contribution in [3.63, 3.8) is 0 Å². The van der Waals surface area contributed by atoms with E-state index in [0.717, 1.165) is 19.5 Å². The molecule has 0 aliphatic carbocycles. The Bertz CT molecular complexity index is 153. The Kier molecular flexibility index (Phi) is 2.46. The summed E-state index contributed by atoms with van der Waals surface area (Å²) >= 11 is 0. The zero-order valence-corrected chi connectivity index (χ0v) is 6.47. The van der Waals surface area contributed by atoms with Crippen LogP contribution in [0.15, 0.2) is 0 Å². The fraction of sp³-hybridized carbons (Fsp3) is 0.857. The summed E-state index contributed by atoms with van der Waals surface area (Å²) in [4.78, 5) is 10.4. The molecule has 0 amide bonds. The zero-order chi connectivity index (χ0) is 8.32. The summed E-state index contributed by atoms with van der Waals surface area (Å²) < 4.78 is 0. The maximum Gasteiger partial charge on any atom is 0.304 e. The molecule has 1 aliphatic heterocycles. The summed E-state index contributed by atoms with van der Waals surface area (Å²) in [7, 11) is 0. The smallest absolute Gasteiger partial charge is 0.304 e. The van der Waals surface area contributed by atoms with E-state index in [-0.39, 0.29) is 11.8 Å². The van der Waals surface area contributed by atoms with Crippen molar-refractivity contribution in [2.75, 3.05) is 19.6 Å². The van der Waals surface area contributed by atoms with Gasteiger partial charge in [0.05, 0.1) is 6.42 Å². The van der Waals surface area contributed by atoms with Crippen LogP contribution < -0.4 is 11.1 Å². The van der Waals surface area contributed by atoms with Crippen LogP contribution in [0.1, 0.15) is 12.8 Å². The summed E-state index contributed by atoms with van der Waals surface area (Å²) in [5, 5.41) is 11.7. The van der Waals surface area contributed by atoms with Crippen molar-refractivity contribution in [2.24, 2.45) is 11.1 Å². The highest BCUT2D eigenvalue weighted by atomic mass is 16.4. The first-order valence-electron chi connectivity index (χ1n) is 3.81. The predicted molar refractivity (Wildman–Crippen MR) is 41.2 cm³/mol. The van der Waals surface area contributed by atoms with Gasteiger partial charge in [-0.2, -0.15) is 0 Å². The summed E-state index contributed by atoms with van der Waals surface area (Å²) in [6.45, 7) is 2.10. The summed E-state index contributed by atoms with van der Waals surface area (Å²) in [5.41, 5.74) is 5.34. The van der Waals surface area contributed by atoms with Crippen LogP contribution in [0.3, 0.4) is 0 Å². The van der Waals surface area contributed by atoms with Gasteiger partial charge in [-0.3, -0.25) is 4.79 Å². The Morgan fingerprint density at radius 2 is 2.45 bits per heavy atom. The molecule has 0 saturated carbocycles. The lowest BCUT2D eigenvalue weighted by Crippen LogP contribution is -2.34. The average Bonchev–Trinajstić information content (AvgIpc) is 2.36. The predicted octanol–water partition coefficient (Wildman–Crippen LogP) is -0.601. The van der Waals surface area contributed by atoms with Crippen LogP contribution in [0.2, 0.25) is 0 Å². The van der Waals surface area contributed by atoms with E-state index in [4.69, 9.17) is 10.8 Å². The molecule has 0 spiro atoms. The number of hydrogen-bond donors (Lipinski definition) is 3. The summed E-state index contributed by atoms with van der Waals surface area (Å²) in [6, 6.07) is 0. The molecule has 11 heavy (non-hydrogen) atoms. The molecule has 1 unspecified atom stereocenters. The van der Waals surface area contributed by atoms with E-state index in [2.05, 4.69) is 5.32 Å². The number of hydrogen-bond acceptors (Lipinski definition) is 3. The molecule has 64 valence electrons. The highest BCUT2D eigenvalue weighted by Gasteiger charge is 2.34. The van der Waals surface area contributed by atoms with E-state index >= 15 is 0 Å². The number of carboxylic acids is 1. The number of carboxylic acid groups (broad SMARTS) is 1. The minimum Gasteiger partial charge on any atom is -0.481 e. The van der Waals surface area contributed by atoms with E-state index in [0.29, 0.717) is 6.54 Å². The fourth-order valence-electron chi connectivity index (χ4n) is 1.51. The highest BCUT2D eigenvalue weighted by molar-refractivity contribution is 5.67. The molecule has 1 saturated heterocycles. The van der Waals surface area contributed by atoms with Crippen molar-refractivity contribution in [2.45, 2.75) is 12.8 Å². The standard InChI is InChI=1S/C7H14N2O2/c8-4-7(3-6(10)11)1-2-9-5-7/h9H,1-5,8H2,(H,10,11). The van der Waals surface area contributed by atoms with Crippen molar-refractivity contribution in [3.05, 3.63) is 0 Å². The molecule has 1 atom stereocenters. The van der Waals surface area contributed by atoms with Crippen LogP contribution in [-0.4, -0.2) is 30.7 Å². The van der Waals surface area contributed by atoms with E-state index < -0.39 is 5.97 Å². The molecule has 0 radical (unpaired) electrons. The van der Waals surface area contributed by atoms with Gasteiger partial charge in [-0.1, -0.05) is 0 Å². The number of nitrogens with two attached hydrogens (primary N) is 1. The Balaban J connectivity index is 2.52. The van der Waals surface area contributed by atoms with Crippen LogP contribution in [0.25, 0.3) is 0 Å². The van der Waals surface area contributed by atoms with Crippen molar-refractivity contribution in [3.8, 4) is 0 Å². The molecular formula is C7H14N2O2. The lowest BCUT2D eigenvalue weighted by molar-refractivity contribution is -0.139. The van der Waals surface area contributed by atoms with Crippen LogP contribution in [0.4, 0.5) is 0 Å². The van der Waals surface area contributed by atoms with E-state index in [1.165, 1.54) is 0 Å². The van der Waals surface area contributed by atoms with Gasteiger partial charge in [0.15, 0.2) is 0 Å². The monoisotopic (exact) mass is 158 g/mol. The molecule has 1 heterocycles. The molecule has 1 aliphatic rings. The second-order valence-electron chi connectivity index (χ2n) is 3.20. The topological polar surface area (TPSA) is 75.4 Å². The molecular weight excluding hydrogens is 144 g/mol. The Morgan fingerprint density at radius 1 is 1.73 bits per heavy atom. The van der Waals surface area contributed by atoms with E-state index in [1.807, 2.05) is 0 Å². The van der Waals surface area contributed by atoms with E-state index in [1.54, 1.807) is 0 Å². The second-order valence-corrected chi connectivity index (χ2v) is 3.20. The van der Waals surface area contributed by atoms with Gasteiger partial charge in [-0.15, -0.1) is 0 Å². The van der Waals surface area contributed by atoms with Gasteiger partial charge in [-0.25, -0.2) is 0 Å². The maximum absolute atomic E-state index is 10.4. The third kappa shape index (κ3) is 1.91. The average molecular weight is 158 g/mol. The zero-order valence-electron chi connectivity index (χ0n) is 6.47. The van der Waals surface area contributed by atoms with Gasteiger partial charge in [-0.05, 0) is 19.5 Å². The maximum atomic E-state index is 10.4. The van der Waals surface area contributed by atoms with Gasteiger partial charge < -0.3 is 16.2 Å². The number of nitrogens with one attached hydrogen (secondary N) is 1. The van der Waals surface area contributed by atoms with Crippen molar-refractivity contribution in [1.82, 2.24) is 5.32 Å². The Morgan fingerprint density at radius 3 is 2.82 bits per heavy atom. The quantitative estimate of drug-likeness (QED) is 0.512. The third-order valence-corrected chi connectivity index (χ3v) is 2.29. The first-order chi connectivity index (χ1) is 5.18. The van der Waals surface area contributed by atoms with Crippen LogP contribution >= 0.6 is 0 Å². The van der Waals surface area contributed by atoms with Crippen LogP contribution in [-0.2, 0) is 4.79 Å². The van der Waals surface area contributed by atoms with Crippen LogP contribution in [0.5, 0.6) is 0 Å². The van der Waals surface area contributed by atoms with Crippen molar-refractivity contribution >= 4 is 5.97 Å². The molecule has 1 fully saturated rings. The Hall–Kier alpha value is -0.610. The van der Waals surface area contributed by atoms with Crippen molar-refractivity contribution in [1.29, 1.82) is 0 Å². The lowest BCUT2D eigenvalue weighted by atomic mass is 9.84. The molecule has 1 rings (SSSR count). The normalized spacial score (nSPS) is 30.6.